The van der Waals surface area contributed by atoms with E-state index < -0.39 is 22.0 Å². The molecular weight excluding hydrogens is 360 g/mol. The fourth-order valence-corrected chi connectivity index (χ4v) is 4.34. The number of hydrogen-bond donors (Lipinski definition) is 2. The van der Waals surface area contributed by atoms with Crippen LogP contribution in [0.1, 0.15) is 31.7 Å². The second kappa shape index (κ2) is 7.48. The van der Waals surface area contributed by atoms with Crippen molar-refractivity contribution in [2.75, 3.05) is 18.4 Å². The van der Waals surface area contributed by atoms with Gasteiger partial charge in [-0.15, -0.1) is 5.10 Å². The molecule has 1 aromatic heterocycles. The highest BCUT2D eigenvalue weighted by Gasteiger charge is 2.27. The molecule has 2 aromatic rings. The van der Waals surface area contributed by atoms with Gasteiger partial charge in [-0.25, -0.2) is 13.1 Å². The molecule has 1 atom stereocenters. The van der Waals surface area contributed by atoms with Crippen LogP contribution in [0.5, 0.6) is 0 Å². The standard InChI is InChI=1S/C15H20N6O4S/c1-11(22)15-17-18-19-21(15)10-14(23)16-12-5-4-6-13(9-12)26(24,25)20-7-2-3-8-20/h4-6,9,11,22H,2-3,7-8,10H2,1H3,(H,16,23). The van der Waals surface area contributed by atoms with Crippen LogP contribution in [0.4, 0.5) is 5.69 Å². The number of amides is 1. The first-order chi connectivity index (χ1) is 12.4. The topological polar surface area (TPSA) is 130 Å². The zero-order valence-corrected chi connectivity index (χ0v) is 15.1. The van der Waals surface area contributed by atoms with Crippen LogP contribution in [0.3, 0.4) is 0 Å². The van der Waals surface area contributed by atoms with Crippen LogP contribution >= 0.6 is 0 Å². The molecule has 1 aromatic carbocycles. The molecule has 0 radical (unpaired) electrons. The highest BCUT2D eigenvalue weighted by atomic mass is 32.2. The number of aliphatic hydroxyl groups is 1. The molecule has 11 heteroatoms. The van der Waals surface area contributed by atoms with Gasteiger partial charge >= 0.3 is 0 Å². The lowest BCUT2D eigenvalue weighted by Crippen LogP contribution is -2.28. The summed E-state index contributed by atoms with van der Waals surface area (Å²) in [6, 6.07) is 6.13. The Morgan fingerprint density at radius 3 is 2.77 bits per heavy atom. The zero-order chi connectivity index (χ0) is 18.7. The number of rotatable bonds is 6. The van der Waals surface area contributed by atoms with Crippen molar-refractivity contribution in [2.45, 2.75) is 37.3 Å². The molecule has 1 fully saturated rings. The summed E-state index contributed by atoms with van der Waals surface area (Å²) in [7, 11) is -3.55. The van der Waals surface area contributed by atoms with E-state index in [0.29, 0.717) is 18.8 Å². The molecule has 140 valence electrons. The molecule has 1 unspecified atom stereocenters. The van der Waals surface area contributed by atoms with Crippen molar-refractivity contribution >= 4 is 21.6 Å². The van der Waals surface area contributed by atoms with Gasteiger partial charge in [-0.2, -0.15) is 4.31 Å². The molecule has 2 heterocycles. The van der Waals surface area contributed by atoms with E-state index in [0.717, 1.165) is 12.8 Å². The summed E-state index contributed by atoms with van der Waals surface area (Å²) in [6.07, 6.45) is 0.798. The predicted octanol–water partition coefficient (Wildman–Crippen LogP) is 0.150. The second-order valence-electron chi connectivity index (χ2n) is 6.06. The SMILES string of the molecule is CC(O)c1nnnn1CC(=O)Nc1cccc(S(=O)(=O)N2CCCC2)c1. The number of carbonyl (C=O) groups is 1. The third kappa shape index (κ3) is 3.89. The Morgan fingerprint density at radius 2 is 2.08 bits per heavy atom. The Bertz CT molecular complexity index is 889. The van der Waals surface area contributed by atoms with Gasteiger partial charge in [0.1, 0.15) is 12.6 Å². The normalized spacial score (nSPS) is 16.5. The smallest absolute Gasteiger partial charge is 0.246 e. The summed E-state index contributed by atoms with van der Waals surface area (Å²) in [5, 5.41) is 22.9. The van der Waals surface area contributed by atoms with Crippen molar-refractivity contribution < 1.29 is 18.3 Å². The van der Waals surface area contributed by atoms with Crippen molar-refractivity contribution in [1.82, 2.24) is 24.5 Å². The van der Waals surface area contributed by atoms with Gasteiger partial charge in [-0.3, -0.25) is 4.79 Å². The maximum atomic E-state index is 12.6. The summed E-state index contributed by atoms with van der Waals surface area (Å²) in [4.78, 5) is 12.3. The number of nitrogens with zero attached hydrogens (tertiary/aromatic N) is 5. The molecule has 0 spiro atoms. The van der Waals surface area contributed by atoms with E-state index >= 15 is 0 Å². The van der Waals surface area contributed by atoms with Crippen LogP contribution in [-0.4, -0.2) is 57.0 Å². The van der Waals surface area contributed by atoms with Crippen LogP contribution in [-0.2, 0) is 21.4 Å². The van der Waals surface area contributed by atoms with Crippen molar-refractivity contribution in [3.8, 4) is 0 Å². The molecule has 3 rings (SSSR count). The summed E-state index contributed by atoms with van der Waals surface area (Å²) in [6.45, 7) is 2.32. The highest BCUT2D eigenvalue weighted by molar-refractivity contribution is 7.89. The Labute approximate surface area is 150 Å². The fraction of sp³-hybridized carbons (Fsp3) is 0.467. The molecule has 0 bridgehead atoms. The molecule has 1 aliphatic heterocycles. The Hall–Kier alpha value is -2.37. The Balaban J connectivity index is 1.72. The van der Waals surface area contributed by atoms with Gasteiger partial charge in [0, 0.05) is 18.8 Å². The average molecular weight is 380 g/mol. The maximum Gasteiger partial charge on any atom is 0.246 e. The van der Waals surface area contributed by atoms with Gasteiger partial charge in [-0.05, 0) is 48.4 Å². The molecule has 0 saturated carbocycles. The fourth-order valence-electron chi connectivity index (χ4n) is 2.77. The molecule has 2 N–H and O–H groups in total. The molecule has 26 heavy (non-hydrogen) atoms. The third-order valence-corrected chi connectivity index (χ3v) is 5.94. The first-order valence-corrected chi connectivity index (χ1v) is 9.66. The van der Waals surface area contributed by atoms with E-state index in [1.807, 2.05) is 0 Å². The number of anilines is 1. The van der Waals surface area contributed by atoms with E-state index in [9.17, 15) is 18.3 Å². The number of aliphatic hydroxyl groups excluding tert-OH is 1. The minimum absolute atomic E-state index is 0.143. The van der Waals surface area contributed by atoms with E-state index in [-0.39, 0.29) is 17.3 Å². The van der Waals surface area contributed by atoms with Gasteiger partial charge in [0.2, 0.25) is 15.9 Å². The first kappa shape index (κ1) is 18.4. The quantitative estimate of drug-likeness (QED) is 0.729. The van der Waals surface area contributed by atoms with Gasteiger partial charge in [0.25, 0.3) is 0 Å². The Morgan fingerprint density at radius 1 is 1.35 bits per heavy atom. The first-order valence-electron chi connectivity index (χ1n) is 8.22. The summed E-state index contributed by atoms with van der Waals surface area (Å²) in [5.74, 6) is -0.263. The predicted molar refractivity (Wildman–Crippen MR) is 91.5 cm³/mol. The number of aromatic nitrogens is 4. The van der Waals surface area contributed by atoms with Gasteiger partial charge < -0.3 is 10.4 Å². The number of sulfonamides is 1. The van der Waals surface area contributed by atoms with Crippen LogP contribution in [0.2, 0.25) is 0 Å². The molecule has 1 saturated heterocycles. The number of tetrazole rings is 1. The lowest BCUT2D eigenvalue weighted by Gasteiger charge is -2.16. The minimum Gasteiger partial charge on any atom is -0.385 e. The zero-order valence-electron chi connectivity index (χ0n) is 14.2. The van der Waals surface area contributed by atoms with Crippen LogP contribution in [0.25, 0.3) is 0 Å². The molecule has 0 aliphatic carbocycles. The van der Waals surface area contributed by atoms with E-state index in [1.165, 1.54) is 28.0 Å². The largest absolute Gasteiger partial charge is 0.385 e. The highest BCUT2D eigenvalue weighted by Crippen LogP contribution is 2.23. The second-order valence-corrected chi connectivity index (χ2v) is 8.00. The van der Waals surface area contributed by atoms with Crippen LogP contribution in [0, 0.1) is 0 Å². The van der Waals surface area contributed by atoms with E-state index in [2.05, 4.69) is 20.8 Å². The van der Waals surface area contributed by atoms with Crippen LogP contribution < -0.4 is 5.32 Å². The number of nitrogens with one attached hydrogen (secondary N) is 1. The van der Waals surface area contributed by atoms with Crippen molar-refractivity contribution in [3.05, 3.63) is 30.1 Å². The lowest BCUT2D eigenvalue weighted by atomic mass is 10.3. The number of benzene rings is 1. The average Bonchev–Trinajstić information content (AvgIpc) is 3.26. The molecule has 10 nitrogen and oxygen atoms in total. The van der Waals surface area contributed by atoms with E-state index in [4.69, 9.17) is 0 Å². The summed E-state index contributed by atoms with van der Waals surface area (Å²) in [5.41, 5.74) is 0.363. The minimum atomic E-state index is -3.55. The van der Waals surface area contributed by atoms with Crippen LogP contribution in [0.15, 0.2) is 29.2 Å². The lowest BCUT2D eigenvalue weighted by molar-refractivity contribution is -0.117. The van der Waals surface area contributed by atoms with Gasteiger partial charge in [-0.1, -0.05) is 6.07 Å². The van der Waals surface area contributed by atoms with Crippen molar-refractivity contribution in [1.29, 1.82) is 0 Å². The number of hydrogen-bond acceptors (Lipinski definition) is 7. The van der Waals surface area contributed by atoms with Gasteiger partial charge in [0.05, 0.1) is 4.90 Å². The molecule has 1 amide bonds. The molecular formula is C15H20N6O4S. The third-order valence-electron chi connectivity index (χ3n) is 4.05. The summed E-state index contributed by atoms with van der Waals surface area (Å²) >= 11 is 0. The monoisotopic (exact) mass is 380 g/mol. The number of carbonyl (C=O) groups excluding carboxylic acids is 1. The van der Waals surface area contributed by atoms with Crippen molar-refractivity contribution in [3.63, 3.8) is 0 Å². The molecule has 1 aliphatic rings. The summed E-state index contributed by atoms with van der Waals surface area (Å²) < 4.78 is 27.8. The van der Waals surface area contributed by atoms with Gasteiger partial charge in [0.15, 0.2) is 5.82 Å². The van der Waals surface area contributed by atoms with E-state index in [1.54, 1.807) is 12.1 Å². The Kier molecular flexibility index (Phi) is 5.30. The maximum absolute atomic E-state index is 12.6. The van der Waals surface area contributed by atoms with Crippen molar-refractivity contribution in [2.24, 2.45) is 0 Å².